The smallest absolute Gasteiger partial charge is 0.261 e. The van der Waals surface area contributed by atoms with E-state index in [9.17, 15) is 9.59 Å². The van der Waals surface area contributed by atoms with Gasteiger partial charge in [0, 0.05) is 25.0 Å². The van der Waals surface area contributed by atoms with E-state index < -0.39 is 5.54 Å². The number of hydrogen-bond donors (Lipinski definition) is 2. The van der Waals surface area contributed by atoms with Crippen LogP contribution in [-0.4, -0.2) is 27.5 Å². The third-order valence-electron chi connectivity index (χ3n) is 3.05. The number of rotatable bonds is 5. The molecule has 0 atom stereocenters. The average molecular weight is 325 g/mol. The Morgan fingerprint density at radius 1 is 1.36 bits per heavy atom. The Morgan fingerprint density at radius 2 is 2.05 bits per heavy atom. The molecule has 6 nitrogen and oxygen atoms in total. The second-order valence-corrected chi connectivity index (χ2v) is 5.78. The summed E-state index contributed by atoms with van der Waals surface area (Å²) in [4.78, 5) is 28.2. The maximum Gasteiger partial charge on any atom is 0.261 e. The van der Waals surface area contributed by atoms with Gasteiger partial charge in [-0.25, -0.2) is 4.98 Å². The molecule has 7 heteroatoms. The van der Waals surface area contributed by atoms with Gasteiger partial charge in [-0.3, -0.25) is 14.2 Å². The third-order valence-corrected chi connectivity index (χ3v) is 3.05. The van der Waals surface area contributed by atoms with Crippen molar-refractivity contribution in [2.75, 3.05) is 6.54 Å². The van der Waals surface area contributed by atoms with Crippen LogP contribution in [0.15, 0.2) is 35.4 Å². The number of carbonyl (C=O) groups excluding carboxylic acids is 1. The molecule has 0 unspecified atom stereocenters. The van der Waals surface area contributed by atoms with E-state index in [1.165, 1.54) is 10.9 Å². The second-order valence-electron chi connectivity index (χ2n) is 5.78. The summed E-state index contributed by atoms with van der Waals surface area (Å²) in [6.07, 6.45) is 1.70. The number of fused-ring (bicyclic) bond motifs is 1. The summed E-state index contributed by atoms with van der Waals surface area (Å²) in [5.74, 6) is -0.131. The van der Waals surface area contributed by atoms with Crippen molar-refractivity contribution < 1.29 is 4.79 Å². The van der Waals surface area contributed by atoms with E-state index in [1.807, 2.05) is 19.9 Å². The second kappa shape index (κ2) is 7.38. The first kappa shape index (κ1) is 18.1. The van der Waals surface area contributed by atoms with Gasteiger partial charge in [0.2, 0.25) is 5.91 Å². The maximum atomic E-state index is 12.2. The van der Waals surface area contributed by atoms with Crippen LogP contribution in [0.25, 0.3) is 10.9 Å². The van der Waals surface area contributed by atoms with Gasteiger partial charge in [-0.1, -0.05) is 12.1 Å². The summed E-state index contributed by atoms with van der Waals surface area (Å²) in [6, 6.07) is 7.15. The summed E-state index contributed by atoms with van der Waals surface area (Å²) in [5, 5.41) is 3.31. The Bertz CT molecular complexity index is 706. The van der Waals surface area contributed by atoms with Crippen molar-refractivity contribution in [2.24, 2.45) is 5.73 Å². The van der Waals surface area contributed by atoms with E-state index in [0.717, 1.165) is 0 Å². The number of para-hydroxylation sites is 1. The van der Waals surface area contributed by atoms with Crippen molar-refractivity contribution in [1.29, 1.82) is 0 Å². The van der Waals surface area contributed by atoms with Gasteiger partial charge in [0.15, 0.2) is 0 Å². The molecule has 1 amide bonds. The highest BCUT2D eigenvalue weighted by Gasteiger charge is 2.12. The first-order chi connectivity index (χ1) is 9.87. The van der Waals surface area contributed by atoms with Crippen molar-refractivity contribution in [1.82, 2.24) is 14.9 Å². The van der Waals surface area contributed by atoms with Crippen LogP contribution >= 0.6 is 12.4 Å². The predicted molar refractivity (Wildman–Crippen MR) is 89.1 cm³/mol. The SMILES string of the molecule is CC(C)(N)CNC(=O)CCn1cnc2ccccc2c1=O.Cl. The molecule has 3 N–H and O–H groups in total. The number of nitrogens with one attached hydrogen (secondary N) is 1. The van der Waals surface area contributed by atoms with Crippen LogP contribution in [-0.2, 0) is 11.3 Å². The van der Waals surface area contributed by atoms with Crippen molar-refractivity contribution in [3.8, 4) is 0 Å². The van der Waals surface area contributed by atoms with Gasteiger partial charge < -0.3 is 11.1 Å². The molecular weight excluding hydrogens is 304 g/mol. The predicted octanol–water partition coefficient (Wildman–Crippen LogP) is 1.06. The van der Waals surface area contributed by atoms with Crippen molar-refractivity contribution in [3.63, 3.8) is 0 Å². The lowest BCUT2D eigenvalue weighted by molar-refractivity contribution is -0.121. The molecule has 0 aliphatic heterocycles. The Hall–Kier alpha value is -1.92. The van der Waals surface area contributed by atoms with Crippen molar-refractivity contribution in [3.05, 3.63) is 40.9 Å². The number of carbonyl (C=O) groups is 1. The van der Waals surface area contributed by atoms with E-state index in [2.05, 4.69) is 10.3 Å². The zero-order valence-corrected chi connectivity index (χ0v) is 13.5. The molecule has 0 saturated heterocycles. The molecule has 22 heavy (non-hydrogen) atoms. The summed E-state index contributed by atoms with van der Waals surface area (Å²) >= 11 is 0. The summed E-state index contributed by atoms with van der Waals surface area (Å²) in [5.41, 5.74) is 5.88. The molecule has 0 aliphatic rings. The molecule has 1 heterocycles. The molecule has 2 rings (SSSR count). The highest BCUT2D eigenvalue weighted by atomic mass is 35.5. The third kappa shape index (κ3) is 4.82. The zero-order valence-electron chi connectivity index (χ0n) is 12.7. The van der Waals surface area contributed by atoms with Crippen LogP contribution in [0, 0.1) is 0 Å². The summed E-state index contributed by atoms with van der Waals surface area (Å²) in [6.45, 7) is 4.38. The van der Waals surface area contributed by atoms with Crippen LogP contribution in [0.2, 0.25) is 0 Å². The van der Waals surface area contributed by atoms with Crippen LogP contribution < -0.4 is 16.6 Å². The van der Waals surface area contributed by atoms with Crippen LogP contribution in [0.1, 0.15) is 20.3 Å². The van der Waals surface area contributed by atoms with Gasteiger partial charge in [-0.05, 0) is 26.0 Å². The topological polar surface area (TPSA) is 90.0 Å². The van der Waals surface area contributed by atoms with E-state index in [4.69, 9.17) is 5.73 Å². The Balaban J connectivity index is 0.00000242. The van der Waals surface area contributed by atoms with Gasteiger partial charge in [-0.2, -0.15) is 0 Å². The lowest BCUT2D eigenvalue weighted by Crippen LogP contribution is -2.45. The van der Waals surface area contributed by atoms with Gasteiger partial charge in [0.05, 0.1) is 17.2 Å². The number of hydrogen-bond acceptors (Lipinski definition) is 4. The molecule has 0 fully saturated rings. The quantitative estimate of drug-likeness (QED) is 0.860. The number of benzene rings is 1. The summed E-state index contributed by atoms with van der Waals surface area (Å²) in [7, 11) is 0. The highest BCUT2D eigenvalue weighted by molar-refractivity contribution is 5.85. The van der Waals surface area contributed by atoms with E-state index >= 15 is 0 Å². The first-order valence-electron chi connectivity index (χ1n) is 6.86. The number of nitrogens with two attached hydrogens (primary N) is 1. The van der Waals surface area contributed by atoms with E-state index in [1.54, 1.807) is 18.2 Å². The fourth-order valence-corrected chi connectivity index (χ4v) is 1.90. The maximum absolute atomic E-state index is 12.2. The van der Waals surface area contributed by atoms with E-state index in [-0.39, 0.29) is 30.3 Å². The van der Waals surface area contributed by atoms with Gasteiger partial charge in [-0.15, -0.1) is 12.4 Å². The lowest BCUT2D eigenvalue weighted by atomic mass is 10.1. The highest BCUT2D eigenvalue weighted by Crippen LogP contribution is 2.04. The standard InChI is InChI=1S/C15H20N4O2.ClH/c1-15(2,16)9-17-13(20)7-8-19-10-18-12-6-4-3-5-11(12)14(19)21;/h3-6,10H,7-9,16H2,1-2H3,(H,17,20);1H. The molecule has 120 valence electrons. The normalized spacial score (nSPS) is 11.0. The average Bonchev–Trinajstić information content (AvgIpc) is 2.44. The first-order valence-corrected chi connectivity index (χ1v) is 6.86. The number of aryl methyl sites for hydroxylation is 1. The van der Waals surface area contributed by atoms with Gasteiger partial charge in [0.25, 0.3) is 5.56 Å². The van der Waals surface area contributed by atoms with Crippen LogP contribution in [0.3, 0.4) is 0 Å². The fourth-order valence-electron chi connectivity index (χ4n) is 1.90. The Morgan fingerprint density at radius 3 is 2.73 bits per heavy atom. The Kier molecular flexibility index (Phi) is 6.08. The minimum absolute atomic E-state index is 0. The molecule has 0 radical (unpaired) electrons. The molecule has 1 aromatic carbocycles. The van der Waals surface area contributed by atoms with Crippen molar-refractivity contribution in [2.45, 2.75) is 32.4 Å². The molecule has 0 aliphatic carbocycles. The molecular formula is C15H21ClN4O2. The fraction of sp³-hybridized carbons (Fsp3) is 0.400. The minimum Gasteiger partial charge on any atom is -0.354 e. The largest absolute Gasteiger partial charge is 0.354 e. The number of halogens is 1. The zero-order chi connectivity index (χ0) is 15.5. The van der Waals surface area contributed by atoms with Crippen molar-refractivity contribution >= 4 is 29.2 Å². The molecule has 0 spiro atoms. The van der Waals surface area contributed by atoms with Gasteiger partial charge in [0.1, 0.15) is 0 Å². The number of amides is 1. The molecule has 0 bridgehead atoms. The molecule has 2 aromatic rings. The lowest BCUT2D eigenvalue weighted by Gasteiger charge is -2.18. The molecule has 1 aromatic heterocycles. The number of nitrogens with zero attached hydrogens (tertiary/aromatic N) is 2. The Labute approximate surface area is 135 Å². The summed E-state index contributed by atoms with van der Waals surface area (Å²) < 4.78 is 1.45. The minimum atomic E-state index is -0.447. The van der Waals surface area contributed by atoms with Gasteiger partial charge >= 0.3 is 0 Å². The van der Waals surface area contributed by atoms with Crippen LogP contribution in [0.5, 0.6) is 0 Å². The van der Waals surface area contributed by atoms with Crippen LogP contribution in [0.4, 0.5) is 0 Å². The monoisotopic (exact) mass is 324 g/mol. The molecule has 0 saturated carbocycles. The van der Waals surface area contributed by atoms with E-state index in [0.29, 0.717) is 24.0 Å². The number of aromatic nitrogens is 2.